The Balaban J connectivity index is 1.52. The first-order valence-corrected chi connectivity index (χ1v) is 12.7. The van der Waals surface area contributed by atoms with Gasteiger partial charge in [-0.2, -0.15) is 0 Å². The monoisotopic (exact) mass is 507 g/mol. The number of carbonyl (C=O) groups excluding carboxylic acids is 2. The number of halogens is 1. The van der Waals surface area contributed by atoms with E-state index in [0.29, 0.717) is 29.9 Å². The Hall–Kier alpha value is -3.63. The van der Waals surface area contributed by atoms with Crippen LogP contribution >= 0.6 is 11.3 Å². The van der Waals surface area contributed by atoms with Crippen molar-refractivity contribution in [2.45, 2.75) is 38.5 Å². The van der Waals surface area contributed by atoms with Crippen LogP contribution in [0.3, 0.4) is 0 Å². The minimum absolute atomic E-state index is 0.0458. The van der Waals surface area contributed by atoms with Crippen molar-refractivity contribution >= 4 is 39.9 Å². The van der Waals surface area contributed by atoms with Crippen LogP contribution in [0.2, 0.25) is 0 Å². The van der Waals surface area contributed by atoms with E-state index in [9.17, 15) is 14.0 Å². The van der Waals surface area contributed by atoms with E-state index < -0.39 is 11.9 Å². The summed E-state index contributed by atoms with van der Waals surface area (Å²) in [5, 5.41) is 13.2. The van der Waals surface area contributed by atoms with Crippen LogP contribution in [0.5, 0.6) is 0 Å². The number of hydrogen-bond acceptors (Lipinski definition) is 6. The topological polar surface area (TPSA) is 89.4 Å². The van der Waals surface area contributed by atoms with Crippen molar-refractivity contribution in [1.82, 2.24) is 20.3 Å². The van der Waals surface area contributed by atoms with E-state index in [2.05, 4.69) is 15.6 Å². The Morgan fingerprint density at radius 3 is 2.75 bits per heavy atom. The number of amides is 2. The Morgan fingerprint density at radius 1 is 1.22 bits per heavy atom. The lowest BCUT2D eigenvalue weighted by Crippen LogP contribution is -2.46. The Bertz CT molecular complexity index is 1360. The largest absolute Gasteiger partial charge is 0.376 e. The highest BCUT2D eigenvalue weighted by molar-refractivity contribution is 7.10. The lowest BCUT2D eigenvalue weighted by atomic mass is 10.1. The van der Waals surface area contributed by atoms with E-state index in [1.165, 1.54) is 45.2 Å². The molecule has 2 atom stereocenters. The number of thiophene rings is 1. The Labute approximate surface area is 211 Å². The molecule has 5 rings (SSSR count). The molecule has 1 aliphatic heterocycles. The molecule has 1 fully saturated rings. The molecular formula is C26H26FN5O3S. The summed E-state index contributed by atoms with van der Waals surface area (Å²) in [7, 11) is 0. The van der Waals surface area contributed by atoms with Gasteiger partial charge in [0.05, 0.1) is 11.6 Å². The lowest BCUT2D eigenvalue weighted by molar-refractivity contribution is -0.127. The van der Waals surface area contributed by atoms with Crippen molar-refractivity contribution in [2.24, 2.45) is 0 Å². The normalized spacial score (nSPS) is 16.2. The van der Waals surface area contributed by atoms with Crippen molar-refractivity contribution in [3.8, 4) is 0 Å². The predicted molar refractivity (Wildman–Crippen MR) is 135 cm³/mol. The van der Waals surface area contributed by atoms with Gasteiger partial charge in [0.25, 0.3) is 0 Å². The van der Waals surface area contributed by atoms with Crippen LogP contribution in [0.4, 0.5) is 10.1 Å². The van der Waals surface area contributed by atoms with E-state index in [4.69, 9.17) is 4.74 Å². The van der Waals surface area contributed by atoms with Gasteiger partial charge in [-0.05, 0) is 73.2 Å². The molecule has 10 heteroatoms. The molecule has 0 radical (unpaired) electrons. The van der Waals surface area contributed by atoms with Crippen LogP contribution in [-0.2, 0) is 20.9 Å². The lowest BCUT2D eigenvalue weighted by Gasteiger charge is -2.31. The molecule has 8 nitrogen and oxygen atoms in total. The molecule has 2 aromatic heterocycles. The number of rotatable bonds is 8. The first-order chi connectivity index (χ1) is 17.5. The van der Waals surface area contributed by atoms with Crippen molar-refractivity contribution < 1.29 is 18.7 Å². The van der Waals surface area contributed by atoms with E-state index >= 15 is 0 Å². The molecule has 0 aliphatic carbocycles. The number of ether oxygens (including phenoxy) is 1. The number of carbonyl (C=O) groups is 2. The molecule has 2 aromatic carbocycles. The summed E-state index contributed by atoms with van der Waals surface area (Å²) >= 11 is 1.40. The fourth-order valence-electron chi connectivity index (χ4n) is 4.41. The highest BCUT2D eigenvalue weighted by Gasteiger charge is 2.35. The summed E-state index contributed by atoms with van der Waals surface area (Å²) in [6.45, 7) is 2.81. The maximum atomic E-state index is 13.9. The second-order valence-corrected chi connectivity index (χ2v) is 9.67. The van der Waals surface area contributed by atoms with Gasteiger partial charge in [0.15, 0.2) is 0 Å². The van der Waals surface area contributed by atoms with Gasteiger partial charge in [-0.3, -0.25) is 14.5 Å². The molecule has 1 saturated heterocycles. The molecule has 0 unspecified atom stereocenters. The molecule has 186 valence electrons. The van der Waals surface area contributed by atoms with Crippen LogP contribution < -0.4 is 10.2 Å². The van der Waals surface area contributed by atoms with Crippen LogP contribution in [0, 0.1) is 12.7 Å². The molecule has 0 spiro atoms. The summed E-state index contributed by atoms with van der Waals surface area (Å²) in [4.78, 5) is 29.8. The quantitative estimate of drug-likeness (QED) is 0.389. The average Bonchev–Trinajstić information content (AvgIpc) is 3.64. The molecule has 4 aromatic rings. The Morgan fingerprint density at radius 2 is 2.03 bits per heavy atom. The number of aryl methyl sites for hydroxylation is 1. The fraction of sp³-hybridized carbons (Fsp3) is 0.308. The third kappa shape index (κ3) is 5.00. The van der Waals surface area contributed by atoms with Gasteiger partial charge in [0, 0.05) is 23.7 Å². The number of nitrogens with one attached hydrogen (secondary N) is 1. The van der Waals surface area contributed by atoms with Crippen molar-refractivity contribution in [2.75, 3.05) is 18.1 Å². The van der Waals surface area contributed by atoms with Gasteiger partial charge in [0.2, 0.25) is 11.8 Å². The SMILES string of the molecule is Cc1ccsc1[C@@H](C(=O)NC[C@H]1CCCO1)N(C(=O)Cn1nnc2ccccc21)c1ccc(F)cc1. The van der Waals surface area contributed by atoms with Gasteiger partial charge in [-0.1, -0.05) is 17.3 Å². The first-order valence-electron chi connectivity index (χ1n) is 11.8. The zero-order chi connectivity index (χ0) is 25.1. The van der Waals surface area contributed by atoms with E-state index in [-0.39, 0.29) is 24.5 Å². The maximum Gasteiger partial charge on any atom is 0.249 e. The van der Waals surface area contributed by atoms with Gasteiger partial charge < -0.3 is 10.1 Å². The first kappa shape index (κ1) is 24.1. The summed E-state index contributed by atoms with van der Waals surface area (Å²) in [6.07, 6.45) is 1.79. The number of nitrogens with zero attached hydrogens (tertiary/aromatic N) is 4. The van der Waals surface area contributed by atoms with E-state index in [1.54, 1.807) is 0 Å². The van der Waals surface area contributed by atoms with Gasteiger partial charge in [0.1, 0.15) is 23.9 Å². The van der Waals surface area contributed by atoms with Gasteiger partial charge >= 0.3 is 0 Å². The van der Waals surface area contributed by atoms with Crippen LogP contribution in [-0.4, -0.2) is 46.1 Å². The van der Waals surface area contributed by atoms with Gasteiger partial charge in [-0.25, -0.2) is 9.07 Å². The minimum atomic E-state index is -0.945. The number of fused-ring (bicyclic) bond motifs is 1. The third-order valence-electron chi connectivity index (χ3n) is 6.26. The highest BCUT2D eigenvalue weighted by Crippen LogP contribution is 2.34. The van der Waals surface area contributed by atoms with E-state index in [1.807, 2.05) is 42.6 Å². The van der Waals surface area contributed by atoms with Crippen LogP contribution in [0.1, 0.15) is 29.3 Å². The summed E-state index contributed by atoms with van der Waals surface area (Å²) in [6, 6.07) is 13.9. The fourth-order valence-corrected chi connectivity index (χ4v) is 5.43. The van der Waals surface area contributed by atoms with Crippen molar-refractivity contribution in [1.29, 1.82) is 0 Å². The smallest absolute Gasteiger partial charge is 0.249 e. The van der Waals surface area contributed by atoms with Gasteiger partial charge in [-0.15, -0.1) is 16.4 Å². The maximum absolute atomic E-state index is 13.9. The number of hydrogen-bond donors (Lipinski definition) is 1. The third-order valence-corrected chi connectivity index (χ3v) is 7.33. The number of para-hydroxylation sites is 1. The molecule has 0 bridgehead atoms. The molecule has 36 heavy (non-hydrogen) atoms. The van der Waals surface area contributed by atoms with Crippen molar-refractivity contribution in [3.63, 3.8) is 0 Å². The zero-order valence-electron chi connectivity index (χ0n) is 19.8. The average molecular weight is 508 g/mol. The molecular weight excluding hydrogens is 481 g/mol. The second kappa shape index (κ2) is 10.5. The minimum Gasteiger partial charge on any atom is -0.376 e. The summed E-state index contributed by atoms with van der Waals surface area (Å²) in [5.41, 5.74) is 2.68. The molecule has 0 saturated carbocycles. The Kier molecular flexibility index (Phi) is 7.06. The van der Waals surface area contributed by atoms with Crippen LogP contribution in [0.15, 0.2) is 60.0 Å². The number of aromatic nitrogens is 3. The predicted octanol–water partition coefficient (Wildman–Crippen LogP) is 4.01. The van der Waals surface area contributed by atoms with Crippen molar-refractivity contribution in [3.05, 3.63) is 76.2 Å². The molecule has 2 amide bonds. The summed E-state index contributed by atoms with van der Waals surface area (Å²) in [5.74, 6) is -1.13. The second-order valence-electron chi connectivity index (χ2n) is 8.73. The molecule has 3 heterocycles. The summed E-state index contributed by atoms with van der Waals surface area (Å²) < 4.78 is 21.0. The number of benzene rings is 2. The standard InChI is InChI=1S/C26H26FN5O3S/c1-17-12-14-36-25(17)24(26(34)28-15-20-5-4-13-35-20)32(19-10-8-18(27)9-11-19)23(33)16-31-22-7-3-2-6-21(22)29-30-31/h2-3,6-12,14,20,24H,4-5,13,15-16H2,1H3,(H,28,34)/t20-,24+/m1/s1. The van der Waals surface area contributed by atoms with E-state index in [0.717, 1.165) is 23.3 Å². The zero-order valence-corrected chi connectivity index (χ0v) is 20.6. The molecule has 1 aliphatic rings. The molecule has 1 N–H and O–H groups in total. The highest BCUT2D eigenvalue weighted by atomic mass is 32.1. The van der Waals surface area contributed by atoms with Crippen LogP contribution in [0.25, 0.3) is 11.0 Å². The number of anilines is 1.